The molecule has 176 valence electrons. The number of nitro groups is 1. The molecule has 0 radical (unpaired) electrons. The lowest BCUT2D eigenvalue weighted by atomic mass is 10.1. The third-order valence-electron chi connectivity index (χ3n) is 4.02. The van der Waals surface area contributed by atoms with Crippen LogP contribution >= 0.6 is 0 Å². The van der Waals surface area contributed by atoms with Crippen LogP contribution in [0.1, 0.15) is 5.56 Å². The van der Waals surface area contributed by atoms with Crippen molar-refractivity contribution in [3.8, 4) is 11.1 Å². The number of benzene rings is 3. The lowest BCUT2D eigenvalue weighted by Crippen LogP contribution is -2.05. The fourth-order valence-electron chi connectivity index (χ4n) is 2.52. The number of alkyl halides is 3. The monoisotopic (exact) mass is 505 g/mol. The molecule has 2 N–H and O–H groups in total. The van der Waals surface area contributed by atoms with E-state index in [9.17, 15) is 40.1 Å². The van der Waals surface area contributed by atoms with Gasteiger partial charge in [0.2, 0.25) is 0 Å². The Balaban J connectivity index is 0.000000245. The van der Waals surface area contributed by atoms with Crippen LogP contribution < -0.4 is 0 Å². The molecular formula is C19H14F3NO8S2. The topological polar surface area (TPSA) is 152 Å². The zero-order chi connectivity index (χ0) is 25.0. The van der Waals surface area contributed by atoms with Gasteiger partial charge in [0.25, 0.3) is 25.9 Å². The van der Waals surface area contributed by atoms with E-state index in [4.69, 9.17) is 9.11 Å². The van der Waals surface area contributed by atoms with Gasteiger partial charge in [-0.05, 0) is 35.9 Å². The molecule has 0 saturated heterocycles. The first-order valence-electron chi connectivity index (χ1n) is 8.57. The summed E-state index contributed by atoms with van der Waals surface area (Å²) in [5.41, 5.74) is -0.646. The molecule has 0 aliphatic heterocycles. The lowest BCUT2D eigenvalue weighted by molar-refractivity contribution is -0.384. The molecule has 0 saturated carbocycles. The molecule has 3 aromatic rings. The highest BCUT2D eigenvalue weighted by molar-refractivity contribution is 7.86. The van der Waals surface area contributed by atoms with Crippen LogP contribution in [0.15, 0.2) is 82.6 Å². The van der Waals surface area contributed by atoms with Crippen LogP contribution in [-0.4, -0.2) is 30.9 Å². The fourth-order valence-corrected chi connectivity index (χ4v) is 3.69. The van der Waals surface area contributed by atoms with E-state index in [1.165, 1.54) is 0 Å². The second-order valence-electron chi connectivity index (χ2n) is 6.28. The van der Waals surface area contributed by atoms with Gasteiger partial charge >= 0.3 is 6.18 Å². The van der Waals surface area contributed by atoms with Gasteiger partial charge in [0.1, 0.15) is 4.90 Å². The second-order valence-corrected chi connectivity index (χ2v) is 9.09. The molecule has 0 bridgehead atoms. The number of rotatable bonds is 4. The molecule has 0 fully saturated rings. The molecule has 14 heteroatoms. The van der Waals surface area contributed by atoms with Gasteiger partial charge in [-0.15, -0.1) is 0 Å². The minimum absolute atomic E-state index is 0.0947. The number of hydrogen-bond acceptors (Lipinski definition) is 6. The van der Waals surface area contributed by atoms with Gasteiger partial charge < -0.3 is 0 Å². The zero-order valence-corrected chi connectivity index (χ0v) is 17.8. The molecule has 0 aliphatic carbocycles. The highest BCUT2D eigenvalue weighted by Crippen LogP contribution is 2.31. The third kappa shape index (κ3) is 7.08. The van der Waals surface area contributed by atoms with Crippen molar-refractivity contribution < 1.29 is 44.0 Å². The maximum atomic E-state index is 12.0. The molecule has 0 atom stereocenters. The number of nitrogens with zero attached hydrogens (tertiary/aromatic N) is 1. The quantitative estimate of drug-likeness (QED) is 0.299. The SMILES string of the molecule is O=S(=O)(O)c1ccc(C(F)(F)F)cc1.O=[N+]([O-])c1ccc(S(=O)(=O)O)c(-c2ccccc2)c1. The van der Waals surface area contributed by atoms with Crippen LogP contribution in [0.5, 0.6) is 0 Å². The molecule has 0 unspecified atom stereocenters. The van der Waals surface area contributed by atoms with Crippen molar-refractivity contribution in [1.82, 2.24) is 0 Å². The molecule has 0 amide bonds. The Hall–Kier alpha value is -3.33. The van der Waals surface area contributed by atoms with E-state index in [0.29, 0.717) is 29.8 Å². The van der Waals surface area contributed by atoms with Gasteiger partial charge in [-0.25, -0.2) is 0 Å². The van der Waals surface area contributed by atoms with E-state index in [2.05, 4.69) is 0 Å². The van der Waals surface area contributed by atoms with Crippen molar-refractivity contribution in [1.29, 1.82) is 0 Å². The van der Waals surface area contributed by atoms with E-state index < -0.39 is 41.8 Å². The number of halogens is 3. The average Bonchev–Trinajstić information content (AvgIpc) is 2.72. The van der Waals surface area contributed by atoms with Crippen molar-refractivity contribution >= 4 is 25.9 Å². The van der Waals surface area contributed by atoms with Crippen molar-refractivity contribution in [2.24, 2.45) is 0 Å². The summed E-state index contributed by atoms with van der Waals surface area (Å²) >= 11 is 0. The normalized spacial score (nSPS) is 11.9. The Labute approximate surface area is 185 Å². The van der Waals surface area contributed by atoms with E-state index >= 15 is 0 Å². The Bertz CT molecular complexity index is 1360. The predicted molar refractivity (Wildman–Crippen MR) is 110 cm³/mol. The standard InChI is InChI=1S/C12H9NO5S.C7H5F3O3S/c14-13(15)10-6-7-12(19(16,17)18)11(8-10)9-4-2-1-3-5-9;8-7(9,10)5-1-3-6(4-2-5)14(11,12)13/h1-8H,(H,16,17,18);1-4H,(H,11,12,13). The van der Waals surface area contributed by atoms with Crippen LogP contribution in [0.3, 0.4) is 0 Å². The first kappa shape index (κ1) is 25.9. The van der Waals surface area contributed by atoms with Crippen LogP contribution in [0.4, 0.5) is 18.9 Å². The minimum Gasteiger partial charge on any atom is -0.282 e. The summed E-state index contributed by atoms with van der Waals surface area (Å²) in [6.45, 7) is 0. The van der Waals surface area contributed by atoms with Crippen molar-refractivity contribution in [3.63, 3.8) is 0 Å². The first-order valence-corrected chi connectivity index (χ1v) is 11.4. The molecule has 0 spiro atoms. The minimum atomic E-state index is -4.52. The number of hydrogen-bond donors (Lipinski definition) is 2. The highest BCUT2D eigenvalue weighted by atomic mass is 32.2. The van der Waals surface area contributed by atoms with E-state index in [1.807, 2.05) is 0 Å². The maximum Gasteiger partial charge on any atom is 0.416 e. The van der Waals surface area contributed by atoms with Gasteiger partial charge in [0.05, 0.1) is 15.4 Å². The van der Waals surface area contributed by atoms with Gasteiger partial charge in [0.15, 0.2) is 0 Å². The van der Waals surface area contributed by atoms with E-state index in [-0.39, 0.29) is 16.1 Å². The van der Waals surface area contributed by atoms with Gasteiger partial charge in [0, 0.05) is 17.7 Å². The van der Waals surface area contributed by atoms with Crippen molar-refractivity contribution in [2.75, 3.05) is 0 Å². The predicted octanol–water partition coefficient (Wildman–Crippen LogP) is 4.46. The molecule has 3 rings (SSSR count). The van der Waals surface area contributed by atoms with Gasteiger partial charge in [-0.1, -0.05) is 30.3 Å². The largest absolute Gasteiger partial charge is 0.416 e. The molecule has 3 aromatic carbocycles. The number of non-ortho nitro benzene ring substituents is 1. The fraction of sp³-hybridized carbons (Fsp3) is 0.0526. The van der Waals surface area contributed by atoms with Crippen LogP contribution in [0.25, 0.3) is 11.1 Å². The number of nitro benzene ring substituents is 1. The van der Waals surface area contributed by atoms with E-state index in [1.54, 1.807) is 30.3 Å². The summed E-state index contributed by atoms with van der Waals surface area (Å²) in [4.78, 5) is 9.19. The summed E-state index contributed by atoms with van der Waals surface area (Å²) in [5.74, 6) is 0. The molecule has 0 aliphatic rings. The molecular weight excluding hydrogens is 491 g/mol. The van der Waals surface area contributed by atoms with Crippen molar-refractivity contribution in [2.45, 2.75) is 16.0 Å². The first-order chi connectivity index (χ1) is 15.1. The third-order valence-corrected chi connectivity index (χ3v) is 5.80. The summed E-state index contributed by atoms with van der Waals surface area (Å²) in [6, 6.07) is 14.0. The van der Waals surface area contributed by atoms with Crippen LogP contribution in [0, 0.1) is 10.1 Å². The van der Waals surface area contributed by atoms with Crippen LogP contribution in [-0.2, 0) is 26.4 Å². The molecule has 9 nitrogen and oxygen atoms in total. The lowest BCUT2D eigenvalue weighted by Gasteiger charge is -2.07. The smallest absolute Gasteiger partial charge is 0.282 e. The summed E-state index contributed by atoms with van der Waals surface area (Å²) in [7, 11) is -8.88. The summed E-state index contributed by atoms with van der Waals surface area (Å²) < 4.78 is 97.2. The average molecular weight is 505 g/mol. The van der Waals surface area contributed by atoms with Gasteiger partial charge in [-0.2, -0.15) is 30.0 Å². The zero-order valence-electron chi connectivity index (χ0n) is 16.2. The molecule has 0 aromatic heterocycles. The highest BCUT2D eigenvalue weighted by Gasteiger charge is 2.30. The molecule has 33 heavy (non-hydrogen) atoms. The summed E-state index contributed by atoms with van der Waals surface area (Å²) in [6.07, 6.45) is -4.52. The Kier molecular flexibility index (Phi) is 7.59. The van der Waals surface area contributed by atoms with Crippen molar-refractivity contribution in [3.05, 3.63) is 88.5 Å². The molecule has 0 heterocycles. The Morgan fingerprint density at radius 2 is 1.33 bits per heavy atom. The second kappa shape index (κ2) is 9.66. The summed E-state index contributed by atoms with van der Waals surface area (Å²) in [5, 5.41) is 10.7. The van der Waals surface area contributed by atoms with Crippen LogP contribution in [0.2, 0.25) is 0 Å². The Morgan fingerprint density at radius 3 is 1.76 bits per heavy atom. The van der Waals surface area contributed by atoms with Gasteiger partial charge in [-0.3, -0.25) is 19.2 Å². The van der Waals surface area contributed by atoms with E-state index in [0.717, 1.165) is 18.2 Å². The maximum absolute atomic E-state index is 12.0. The Morgan fingerprint density at radius 1 is 0.788 bits per heavy atom.